The molecule has 0 fully saturated rings. The highest BCUT2D eigenvalue weighted by molar-refractivity contribution is 5.23. The van der Waals surface area contributed by atoms with Gasteiger partial charge in [0, 0.05) is 6.08 Å². The van der Waals surface area contributed by atoms with Crippen molar-refractivity contribution in [2.75, 3.05) is 0 Å². The molecule has 1 rings (SSSR count). The Bertz CT molecular complexity index is 205. The van der Waals surface area contributed by atoms with Crippen LogP contribution in [-0.2, 0) is 0 Å². The Morgan fingerprint density at radius 1 is 1.18 bits per heavy atom. The summed E-state index contributed by atoms with van der Waals surface area (Å²) in [6.07, 6.45) is -4.21. The van der Waals surface area contributed by atoms with Crippen molar-refractivity contribution in [3.63, 3.8) is 0 Å². The van der Waals surface area contributed by atoms with E-state index >= 15 is 0 Å². The largest absolute Gasteiger partial charge is 0.350 e. The van der Waals surface area contributed by atoms with Gasteiger partial charge in [-0.25, -0.2) is 8.78 Å². The first-order valence-electron chi connectivity index (χ1n) is 2.57. The standard InChI is InChI=1S/C5H2F6/c6-2-1-4(8,9)5(10,11)3(2)7/h1,3H. The summed E-state index contributed by atoms with van der Waals surface area (Å²) in [5.74, 6) is -11.8. The van der Waals surface area contributed by atoms with Gasteiger partial charge in [0.1, 0.15) is 5.83 Å². The van der Waals surface area contributed by atoms with Crippen LogP contribution in [0.25, 0.3) is 0 Å². The fourth-order valence-electron chi connectivity index (χ4n) is 0.685. The number of alkyl halides is 5. The van der Waals surface area contributed by atoms with Gasteiger partial charge in [0.15, 0.2) is 0 Å². The molecule has 11 heavy (non-hydrogen) atoms. The molecule has 0 spiro atoms. The van der Waals surface area contributed by atoms with Crippen LogP contribution < -0.4 is 0 Å². The van der Waals surface area contributed by atoms with Crippen LogP contribution in [0.5, 0.6) is 0 Å². The Balaban J connectivity index is 3.05. The lowest BCUT2D eigenvalue weighted by molar-refractivity contribution is -0.194. The second-order valence-corrected chi connectivity index (χ2v) is 2.14. The Hall–Kier alpha value is -0.680. The van der Waals surface area contributed by atoms with E-state index in [1.165, 1.54) is 0 Å². The van der Waals surface area contributed by atoms with Gasteiger partial charge in [0.2, 0.25) is 6.17 Å². The third-order valence-electron chi connectivity index (χ3n) is 1.32. The minimum absolute atomic E-state index is 0.697. The molecule has 0 aliphatic heterocycles. The number of allylic oxidation sites excluding steroid dienone is 2. The fraction of sp³-hybridized carbons (Fsp3) is 0.600. The van der Waals surface area contributed by atoms with Gasteiger partial charge in [0.25, 0.3) is 0 Å². The van der Waals surface area contributed by atoms with Crippen LogP contribution in [0.15, 0.2) is 11.9 Å². The van der Waals surface area contributed by atoms with Crippen LogP contribution in [0.2, 0.25) is 0 Å². The third-order valence-corrected chi connectivity index (χ3v) is 1.32. The summed E-state index contributed by atoms with van der Waals surface area (Å²) in [4.78, 5) is 0. The molecule has 0 nitrogen and oxygen atoms in total. The minimum Gasteiger partial charge on any atom is -0.233 e. The number of hydrogen-bond donors (Lipinski definition) is 0. The Kier molecular flexibility index (Phi) is 1.47. The quantitative estimate of drug-likeness (QED) is 0.497. The number of hydrogen-bond acceptors (Lipinski definition) is 0. The molecule has 0 saturated heterocycles. The molecular formula is C5H2F6. The SMILES string of the molecule is FC1=CC(F)(F)C(F)(F)C1F. The molecule has 0 saturated carbocycles. The van der Waals surface area contributed by atoms with E-state index < -0.39 is 29.9 Å². The molecule has 6 heteroatoms. The second kappa shape index (κ2) is 1.92. The van der Waals surface area contributed by atoms with E-state index in [0.717, 1.165) is 0 Å². The zero-order chi connectivity index (χ0) is 8.86. The van der Waals surface area contributed by atoms with Crippen LogP contribution >= 0.6 is 0 Å². The predicted molar refractivity (Wildman–Crippen MR) is 24.0 cm³/mol. The summed E-state index contributed by atoms with van der Waals surface area (Å²) >= 11 is 0. The zero-order valence-corrected chi connectivity index (χ0v) is 4.92. The van der Waals surface area contributed by atoms with Gasteiger partial charge in [-0.1, -0.05) is 0 Å². The van der Waals surface area contributed by atoms with Gasteiger partial charge in [-0.15, -0.1) is 0 Å². The molecule has 1 aliphatic carbocycles. The van der Waals surface area contributed by atoms with Crippen molar-refractivity contribution in [3.05, 3.63) is 11.9 Å². The van der Waals surface area contributed by atoms with Crippen molar-refractivity contribution in [3.8, 4) is 0 Å². The average Bonchev–Trinajstić information content (AvgIpc) is 1.93. The molecule has 0 amide bonds. The van der Waals surface area contributed by atoms with E-state index in [9.17, 15) is 26.3 Å². The number of rotatable bonds is 0. The van der Waals surface area contributed by atoms with E-state index in [1.807, 2.05) is 0 Å². The highest BCUT2D eigenvalue weighted by Gasteiger charge is 2.67. The van der Waals surface area contributed by atoms with E-state index in [4.69, 9.17) is 0 Å². The summed E-state index contributed by atoms with van der Waals surface area (Å²) in [6.45, 7) is 0. The Morgan fingerprint density at radius 2 is 1.64 bits per heavy atom. The lowest BCUT2D eigenvalue weighted by Gasteiger charge is -2.18. The molecule has 1 unspecified atom stereocenters. The van der Waals surface area contributed by atoms with Gasteiger partial charge in [-0.3, -0.25) is 0 Å². The summed E-state index contributed by atoms with van der Waals surface area (Å²) in [6, 6.07) is 0. The molecule has 0 bridgehead atoms. The molecule has 0 N–H and O–H groups in total. The van der Waals surface area contributed by atoms with Gasteiger partial charge in [-0.05, 0) is 0 Å². The van der Waals surface area contributed by atoms with E-state index in [-0.39, 0.29) is 0 Å². The lowest BCUT2D eigenvalue weighted by Crippen LogP contribution is -2.41. The maximum Gasteiger partial charge on any atom is 0.350 e. The first-order valence-corrected chi connectivity index (χ1v) is 2.57. The van der Waals surface area contributed by atoms with Crippen LogP contribution in [-0.4, -0.2) is 18.0 Å². The molecule has 0 aromatic rings. The maximum atomic E-state index is 11.9. The lowest BCUT2D eigenvalue weighted by atomic mass is 10.2. The topological polar surface area (TPSA) is 0 Å². The summed E-state index contributed by atoms with van der Waals surface area (Å²) in [5.41, 5.74) is 0. The van der Waals surface area contributed by atoms with Crippen LogP contribution in [0.4, 0.5) is 26.3 Å². The molecule has 1 aliphatic rings. The van der Waals surface area contributed by atoms with Gasteiger partial charge in [-0.2, -0.15) is 17.6 Å². The predicted octanol–water partition coefficient (Wildman–Crippen LogP) is 2.46. The minimum atomic E-state index is -4.95. The highest BCUT2D eigenvalue weighted by atomic mass is 19.3. The third kappa shape index (κ3) is 0.918. The van der Waals surface area contributed by atoms with Gasteiger partial charge >= 0.3 is 11.8 Å². The summed E-state index contributed by atoms with van der Waals surface area (Å²) in [5, 5.41) is 0. The normalized spacial score (nSPS) is 33.6. The summed E-state index contributed by atoms with van der Waals surface area (Å²) < 4.78 is 71.5. The number of halogens is 6. The molecule has 1 atom stereocenters. The molecule has 0 aromatic carbocycles. The maximum absolute atomic E-state index is 11.9. The van der Waals surface area contributed by atoms with Gasteiger partial charge < -0.3 is 0 Å². The monoisotopic (exact) mass is 176 g/mol. The molecule has 64 valence electrons. The second-order valence-electron chi connectivity index (χ2n) is 2.14. The molecular weight excluding hydrogens is 174 g/mol. The van der Waals surface area contributed by atoms with Crippen molar-refractivity contribution in [2.45, 2.75) is 18.0 Å². The zero-order valence-electron chi connectivity index (χ0n) is 4.92. The smallest absolute Gasteiger partial charge is 0.233 e. The highest BCUT2D eigenvalue weighted by Crippen LogP contribution is 2.48. The Labute approximate surface area is 57.5 Å². The van der Waals surface area contributed by atoms with Crippen LogP contribution in [0, 0.1) is 0 Å². The van der Waals surface area contributed by atoms with E-state index in [0.29, 0.717) is 0 Å². The first-order chi connectivity index (χ1) is 4.79. The van der Waals surface area contributed by atoms with Crippen molar-refractivity contribution in [1.82, 2.24) is 0 Å². The average molecular weight is 176 g/mol. The fourth-order valence-corrected chi connectivity index (χ4v) is 0.685. The van der Waals surface area contributed by atoms with E-state index in [1.54, 1.807) is 0 Å². The van der Waals surface area contributed by atoms with Crippen molar-refractivity contribution in [1.29, 1.82) is 0 Å². The van der Waals surface area contributed by atoms with Crippen molar-refractivity contribution in [2.24, 2.45) is 0 Å². The Morgan fingerprint density at radius 3 is 1.73 bits per heavy atom. The van der Waals surface area contributed by atoms with Crippen LogP contribution in [0.1, 0.15) is 0 Å². The molecule has 0 radical (unpaired) electrons. The molecule has 0 aromatic heterocycles. The van der Waals surface area contributed by atoms with Gasteiger partial charge in [0.05, 0.1) is 0 Å². The molecule has 0 heterocycles. The van der Waals surface area contributed by atoms with E-state index in [2.05, 4.69) is 0 Å². The van der Waals surface area contributed by atoms with Crippen molar-refractivity contribution >= 4 is 0 Å². The first kappa shape index (κ1) is 8.42. The van der Waals surface area contributed by atoms with Crippen molar-refractivity contribution < 1.29 is 26.3 Å². The summed E-state index contributed by atoms with van der Waals surface area (Å²) in [7, 11) is 0. The van der Waals surface area contributed by atoms with Crippen LogP contribution in [0.3, 0.4) is 0 Å².